The molecule has 0 bridgehead atoms. The van der Waals surface area contributed by atoms with Gasteiger partial charge in [0, 0.05) is 18.7 Å². The topological polar surface area (TPSA) is 29.9 Å². The highest BCUT2D eigenvalue weighted by Gasteiger charge is 2.24. The Hall–Kier alpha value is -1.68. The Bertz CT molecular complexity index is 580. The quantitative estimate of drug-likeness (QED) is 0.898. The molecule has 0 radical (unpaired) electrons. The van der Waals surface area contributed by atoms with E-state index in [-0.39, 0.29) is 5.82 Å². The number of nitrogens with one attached hydrogen (secondary N) is 1. The predicted molar refractivity (Wildman–Crippen MR) is 73.3 cm³/mol. The van der Waals surface area contributed by atoms with E-state index in [0.29, 0.717) is 6.04 Å². The predicted octanol–water partition coefficient (Wildman–Crippen LogP) is 2.96. The Labute approximate surface area is 112 Å². The molecule has 4 heteroatoms. The Morgan fingerprint density at radius 2 is 2.05 bits per heavy atom. The average Bonchev–Trinajstić information content (AvgIpc) is 2.99. The van der Waals surface area contributed by atoms with Crippen LogP contribution < -0.4 is 5.32 Å². The molecule has 0 amide bonds. The summed E-state index contributed by atoms with van der Waals surface area (Å²) in [6.07, 6.45) is 2.37. The molecular formula is C15H18FN3. The summed E-state index contributed by atoms with van der Waals surface area (Å²) in [5, 5.41) is 8.12. The van der Waals surface area contributed by atoms with Crippen molar-refractivity contribution < 1.29 is 4.39 Å². The van der Waals surface area contributed by atoms with Gasteiger partial charge >= 0.3 is 0 Å². The molecule has 1 fully saturated rings. The highest BCUT2D eigenvalue weighted by atomic mass is 19.1. The van der Waals surface area contributed by atoms with Gasteiger partial charge in [0.1, 0.15) is 5.82 Å². The second-order valence-corrected chi connectivity index (χ2v) is 5.14. The van der Waals surface area contributed by atoms with Crippen LogP contribution in [0.4, 0.5) is 4.39 Å². The molecule has 1 saturated heterocycles. The maximum absolute atomic E-state index is 13.0. The van der Waals surface area contributed by atoms with E-state index in [1.165, 1.54) is 29.8 Å². The number of hydrogen-bond donors (Lipinski definition) is 1. The molecule has 2 heterocycles. The van der Waals surface area contributed by atoms with Gasteiger partial charge in [0.05, 0.1) is 11.4 Å². The normalized spacial score (nSPS) is 19.0. The fraction of sp³-hybridized carbons (Fsp3) is 0.400. The maximum Gasteiger partial charge on any atom is 0.123 e. The summed E-state index contributed by atoms with van der Waals surface area (Å²) in [5.41, 5.74) is 4.36. The summed E-state index contributed by atoms with van der Waals surface area (Å²) in [6.45, 7) is 3.17. The summed E-state index contributed by atoms with van der Waals surface area (Å²) in [4.78, 5) is 0. The monoisotopic (exact) mass is 259 g/mol. The van der Waals surface area contributed by atoms with E-state index >= 15 is 0 Å². The summed E-state index contributed by atoms with van der Waals surface area (Å²) in [5.74, 6) is -0.213. The first-order chi connectivity index (χ1) is 9.16. The molecule has 0 aliphatic carbocycles. The van der Waals surface area contributed by atoms with Crippen LogP contribution in [0, 0.1) is 12.7 Å². The van der Waals surface area contributed by atoms with Gasteiger partial charge in [0.15, 0.2) is 0 Å². The number of aromatic nitrogens is 2. The van der Waals surface area contributed by atoms with Crippen molar-refractivity contribution in [1.29, 1.82) is 0 Å². The lowest BCUT2D eigenvalue weighted by Gasteiger charge is -2.11. The zero-order valence-corrected chi connectivity index (χ0v) is 11.3. The molecule has 1 N–H and O–H groups in total. The van der Waals surface area contributed by atoms with Crippen LogP contribution in [0.25, 0.3) is 11.3 Å². The molecule has 0 saturated carbocycles. The Balaban J connectivity index is 2.03. The molecule has 1 aromatic carbocycles. The molecule has 19 heavy (non-hydrogen) atoms. The fourth-order valence-corrected chi connectivity index (χ4v) is 2.93. The fourth-order valence-electron chi connectivity index (χ4n) is 2.93. The van der Waals surface area contributed by atoms with Gasteiger partial charge in [0.2, 0.25) is 0 Å². The van der Waals surface area contributed by atoms with Crippen molar-refractivity contribution in [3.05, 3.63) is 41.3 Å². The first-order valence-electron chi connectivity index (χ1n) is 6.69. The van der Waals surface area contributed by atoms with E-state index in [9.17, 15) is 4.39 Å². The van der Waals surface area contributed by atoms with E-state index < -0.39 is 0 Å². The summed E-state index contributed by atoms with van der Waals surface area (Å²) in [6, 6.07) is 6.94. The molecule has 100 valence electrons. The summed E-state index contributed by atoms with van der Waals surface area (Å²) >= 11 is 0. The van der Waals surface area contributed by atoms with Gasteiger partial charge in [-0.15, -0.1) is 0 Å². The van der Waals surface area contributed by atoms with Crippen LogP contribution in [0.5, 0.6) is 0 Å². The van der Waals surface area contributed by atoms with Crippen molar-refractivity contribution in [2.45, 2.75) is 25.8 Å². The highest BCUT2D eigenvalue weighted by molar-refractivity contribution is 5.64. The van der Waals surface area contributed by atoms with Gasteiger partial charge < -0.3 is 5.32 Å². The van der Waals surface area contributed by atoms with E-state index in [0.717, 1.165) is 24.2 Å². The zero-order chi connectivity index (χ0) is 13.4. The van der Waals surface area contributed by atoms with E-state index in [4.69, 9.17) is 0 Å². The Morgan fingerprint density at radius 3 is 2.68 bits per heavy atom. The molecule has 2 aromatic rings. The SMILES string of the molecule is Cc1c(-c2ccc(F)cc2)nn(C)c1C1CCCN1. The lowest BCUT2D eigenvalue weighted by Crippen LogP contribution is -2.17. The third kappa shape index (κ3) is 2.16. The molecule has 0 spiro atoms. The molecule has 1 aliphatic rings. The smallest absolute Gasteiger partial charge is 0.123 e. The van der Waals surface area contributed by atoms with Crippen molar-refractivity contribution in [3.8, 4) is 11.3 Å². The van der Waals surface area contributed by atoms with Crippen LogP contribution in [0.3, 0.4) is 0 Å². The Morgan fingerprint density at radius 1 is 1.32 bits per heavy atom. The summed E-state index contributed by atoms with van der Waals surface area (Å²) < 4.78 is 15.0. The van der Waals surface area contributed by atoms with Crippen LogP contribution in [0.2, 0.25) is 0 Å². The number of halogens is 1. The number of hydrogen-bond acceptors (Lipinski definition) is 2. The third-order valence-electron chi connectivity index (χ3n) is 3.85. The molecule has 1 atom stereocenters. The number of aryl methyl sites for hydroxylation is 1. The van der Waals surface area contributed by atoms with Crippen LogP contribution in [-0.4, -0.2) is 16.3 Å². The standard InChI is InChI=1S/C15H18FN3/c1-10-14(11-5-7-12(16)8-6-11)18-19(2)15(10)13-4-3-9-17-13/h5-8,13,17H,3-4,9H2,1-2H3. The summed E-state index contributed by atoms with van der Waals surface area (Å²) in [7, 11) is 1.98. The number of nitrogens with zero attached hydrogens (tertiary/aromatic N) is 2. The van der Waals surface area contributed by atoms with Gasteiger partial charge in [-0.3, -0.25) is 4.68 Å². The van der Waals surface area contributed by atoms with E-state index in [1.807, 2.05) is 11.7 Å². The maximum atomic E-state index is 13.0. The minimum atomic E-state index is -0.213. The lowest BCUT2D eigenvalue weighted by molar-refractivity contribution is 0.571. The highest BCUT2D eigenvalue weighted by Crippen LogP contribution is 2.31. The largest absolute Gasteiger partial charge is 0.309 e. The minimum Gasteiger partial charge on any atom is -0.309 e. The average molecular weight is 259 g/mol. The Kier molecular flexibility index (Phi) is 3.11. The van der Waals surface area contributed by atoms with Crippen LogP contribution >= 0.6 is 0 Å². The lowest BCUT2D eigenvalue weighted by atomic mass is 10.0. The molecular weight excluding hydrogens is 241 g/mol. The zero-order valence-electron chi connectivity index (χ0n) is 11.3. The molecule has 1 aromatic heterocycles. The van der Waals surface area contributed by atoms with Crippen molar-refractivity contribution in [2.24, 2.45) is 7.05 Å². The number of rotatable bonds is 2. The van der Waals surface area contributed by atoms with Crippen LogP contribution in [0.15, 0.2) is 24.3 Å². The first kappa shape index (κ1) is 12.4. The second kappa shape index (κ2) is 4.78. The minimum absolute atomic E-state index is 0.213. The van der Waals surface area contributed by atoms with Crippen molar-refractivity contribution in [3.63, 3.8) is 0 Å². The van der Waals surface area contributed by atoms with E-state index in [1.54, 1.807) is 12.1 Å². The van der Waals surface area contributed by atoms with Crippen molar-refractivity contribution >= 4 is 0 Å². The van der Waals surface area contributed by atoms with Crippen molar-refractivity contribution in [1.82, 2.24) is 15.1 Å². The van der Waals surface area contributed by atoms with Crippen molar-refractivity contribution in [2.75, 3.05) is 6.54 Å². The van der Waals surface area contributed by atoms with Crippen LogP contribution in [-0.2, 0) is 7.05 Å². The second-order valence-electron chi connectivity index (χ2n) is 5.14. The molecule has 3 rings (SSSR count). The van der Waals surface area contributed by atoms with Crippen LogP contribution in [0.1, 0.15) is 30.1 Å². The van der Waals surface area contributed by atoms with E-state index in [2.05, 4.69) is 17.3 Å². The van der Waals surface area contributed by atoms with Gasteiger partial charge in [-0.1, -0.05) is 0 Å². The molecule has 1 unspecified atom stereocenters. The van der Waals surface area contributed by atoms with Gasteiger partial charge in [-0.2, -0.15) is 5.10 Å². The first-order valence-corrected chi connectivity index (χ1v) is 6.69. The van der Waals surface area contributed by atoms with Gasteiger partial charge in [0.25, 0.3) is 0 Å². The van der Waals surface area contributed by atoms with Gasteiger partial charge in [-0.25, -0.2) is 4.39 Å². The van der Waals surface area contributed by atoms with Gasteiger partial charge in [-0.05, 0) is 56.1 Å². The third-order valence-corrected chi connectivity index (χ3v) is 3.85. The molecule has 1 aliphatic heterocycles. The number of benzene rings is 1. The molecule has 3 nitrogen and oxygen atoms in total.